The molecule has 0 aliphatic heterocycles. The molecule has 0 radical (unpaired) electrons. The highest BCUT2D eigenvalue weighted by Crippen LogP contribution is 2.55. The van der Waals surface area contributed by atoms with Gasteiger partial charge in [-0.3, -0.25) is 9.59 Å². The molecule has 0 aromatic rings. The molecule has 112 valence electrons. The van der Waals surface area contributed by atoms with Crippen LogP contribution in [-0.4, -0.2) is 11.6 Å². The first-order chi connectivity index (χ1) is 10.1. The van der Waals surface area contributed by atoms with E-state index in [0.29, 0.717) is 29.3 Å². The summed E-state index contributed by atoms with van der Waals surface area (Å²) in [6.45, 7) is 1.77. The van der Waals surface area contributed by atoms with Crippen molar-refractivity contribution >= 4 is 11.6 Å². The van der Waals surface area contributed by atoms with E-state index in [1.807, 2.05) is 0 Å². The van der Waals surface area contributed by atoms with Crippen LogP contribution in [0.1, 0.15) is 58.3 Å². The molecule has 1 saturated carbocycles. The predicted octanol–water partition coefficient (Wildman–Crippen LogP) is 4.01. The second-order valence-electron chi connectivity index (χ2n) is 7.44. The third-order valence-corrected chi connectivity index (χ3v) is 6.49. The molecule has 4 aliphatic rings. The van der Waals surface area contributed by atoms with Gasteiger partial charge in [0, 0.05) is 18.8 Å². The summed E-state index contributed by atoms with van der Waals surface area (Å²) in [7, 11) is 0. The maximum Gasteiger partial charge on any atom is 0.137 e. The Bertz CT molecular complexity index is 566. The topological polar surface area (TPSA) is 34.1 Å². The highest BCUT2D eigenvalue weighted by Gasteiger charge is 2.45. The minimum atomic E-state index is 0.268. The van der Waals surface area contributed by atoms with E-state index in [9.17, 15) is 9.59 Å². The van der Waals surface area contributed by atoms with Crippen molar-refractivity contribution in [3.8, 4) is 0 Å². The van der Waals surface area contributed by atoms with Crippen LogP contribution in [0.15, 0.2) is 22.8 Å². The van der Waals surface area contributed by atoms with E-state index in [2.05, 4.69) is 6.08 Å². The fourth-order valence-corrected chi connectivity index (χ4v) is 5.55. The number of carbonyl (C=O) groups excluding carboxylic acids is 2. The first kappa shape index (κ1) is 13.5. The normalized spacial score (nSPS) is 38.5. The zero-order chi connectivity index (χ0) is 14.6. The van der Waals surface area contributed by atoms with Gasteiger partial charge in [-0.05, 0) is 63.2 Å². The van der Waals surface area contributed by atoms with Crippen molar-refractivity contribution in [1.29, 1.82) is 0 Å². The van der Waals surface area contributed by atoms with Crippen LogP contribution in [-0.2, 0) is 9.59 Å². The molecular formula is C19H24O2. The lowest BCUT2D eigenvalue weighted by molar-refractivity contribution is -0.122. The van der Waals surface area contributed by atoms with E-state index >= 15 is 0 Å². The minimum absolute atomic E-state index is 0.268. The molecule has 4 rings (SSSR count). The molecule has 4 unspecified atom stereocenters. The molecule has 0 bridgehead atoms. The van der Waals surface area contributed by atoms with Crippen LogP contribution in [0.4, 0.5) is 0 Å². The maximum atomic E-state index is 11.8. The summed E-state index contributed by atoms with van der Waals surface area (Å²) in [5, 5.41) is 0. The second-order valence-corrected chi connectivity index (χ2v) is 7.44. The number of ketones is 2. The Hall–Kier alpha value is -1.18. The largest absolute Gasteiger partial charge is 0.300 e. The first-order valence-corrected chi connectivity index (χ1v) is 8.58. The standard InChI is InChI=1S/C19H24O2/c1-11(20)14-6-7-19-16(14)8-9-17-15-5-3-13(21)10-12(15)2-4-18(17)19/h7,14,16-18H,2-6,8-10H2,1H3. The molecule has 0 N–H and O–H groups in total. The van der Waals surface area contributed by atoms with Crippen molar-refractivity contribution in [2.75, 3.05) is 0 Å². The number of rotatable bonds is 1. The number of Topliss-reactive ketones (excluding diaryl/α,β-unsaturated/α-hetero) is 2. The van der Waals surface area contributed by atoms with Gasteiger partial charge in [0.05, 0.1) is 0 Å². The zero-order valence-electron chi connectivity index (χ0n) is 12.9. The molecule has 0 saturated heterocycles. The van der Waals surface area contributed by atoms with Crippen molar-refractivity contribution in [2.45, 2.75) is 58.3 Å². The summed E-state index contributed by atoms with van der Waals surface area (Å²) in [5.74, 6) is 3.00. The Labute approximate surface area is 126 Å². The number of allylic oxidation sites excluding steroid dienone is 4. The van der Waals surface area contributed by atoms with Gasteiger partial charge in [0.15, 0.2) is 0 Å². The van der Waals surface area contributed by atoms with Crippen LogP contribution in [0.25, 0.3) is 0 Å². The Morgan fingerprint density at radius 1 is 1.05 bits per heavy atom. The number of hydrogen-bond donors (Lipinski definition) is 0. The SMILES string of the molecule is CC(=O)C1CC=C2C1CCC1C3=C(CCC21)CC(=O)CC3. The van der Waals surface area contributed by atoms with Gasteiger partial charge >= 0.3 is 0 Å². The van der Waals surface area contributed by atoms with E-state index in [-0.39, 0.29) is 5.92 Å². The average Bonchev–Trinajstić information content (AvgIpc) is 2.90. The fourth-order valence-electron chi connectivity index (χ4n) is 5.55. The van der Waals surface area contributed by atoms with Crippen molar-refractivity contribution in [2.24, 2.45) is 23.7 Å². The first-order valence-electron chi connectivity index (χ1n) is 8.58. The van der Waals surface area contributed by atoms with Crippen LogP contribution < -0.4 is 0 Å². The number of hydrogen-bond acceptors (Lipinski definition) is 2. The molecule has 0 amide bonds. The van der Waals surface area contributed by atoms with Crippen molar-refractivity contribution in [3.63, 3.8) is 0 Å². The van der Waals surface area contributed by atoms with Crippen LogP contribution in [0.3, 0.4) is 0 Å². The van der Waals surface area contributed by atoms with Crippen LogP contribution in [0.5, 0.6) is 0 Å². The van der Waals surface area contributed by atoms with Crippen molar-refractivity contribution in [1.82, 2.24) is 0 Å². The Balaban J connectivity index is 1.62. The van der Waals surface area contributed by atoms with Gasteiger partial charge in [-0.15, -0.1) is 0 Å². The van der Waals surface area contributed by atoms with Gasteiger partial charge in [-0.2, -0.15) is 0 Å². The molecule has 2 heteroatoms. The third kappa shape index (κ3) is 2.06. The highest BCUT2D eigenvalue weighted by molar-refractivity contribution is 5.83. The number of carbonyl (C=O) groups is 2. The van der Waals surface area contributed by atoms with Crippen LogP contribution >= 0.6 is 0 Å². The molecule has 1 fully saturated rings. The Morgan fingerprint density at radius 3 is 2.67 bits per heavy atom. The van der Waals surface area contributed by atoms with E-state index in [0.717, 1.165) is 32.1 Å². The Kier molecular flexibility index (Phi) is 3.16. The van der Waals surface area contributed by atoms with Gasteiger partial charge in [0.25, 0.3) is 0 Å². The molecule has 4 atom stereocenters. The monoisotopic (exact) mass is 284 g/mol. The van der Waals surface area contributed by atoms with Gasteiger partial charge in [0.1, 0.15) is 11.6 Å². The lowest BCUT2D eigenvalue weighted by Crippen LogP contribution is -2.35. The summed E-state index contributed by atoms with van der Waals surface area (Å²) in [4.78, 5) is 23.5. The van der Waals surface area contributed by atoms with Crippen LogP contribution in [0, 0.1) is 23.7 Å². The van der Waals surface area contributed by atoms with Crippen molar-refractivity contribution in [3.05, 3.63) is 22.8 Å². The lowest BCUT2D eigenvalue weighted by atomic mass is 9.60. The van der Waals surface area contributed by atoms with Gasteiger partial charge < -0.3 is 0 Å². The van der Waals surface area contributed by atoms with Gasteiger partial charge in [-0.1, -0.05) is 22.8 Å². The summed E-state index contributed by atoms with van der Waals surface area (Å²) in [5.41, 5.74) is 4.72. The molecule has 0 aromatic carbocycles. The maximum absolute atomic E-state index is 11.8. The quantitative estimate of drug-likeness (QED) is 0.682. The number of fused-ring (bicyclic) bond motifs is 4. The van der Waals surface area contributed by atoms with Crippen LogP contribution in [0.2, 0.25) is 0 Å². The predicted molar refractivity (Wildman–Crippen MR) is 81.7 cm³/mol. The molecule has 4 aliphatic carbocycles. The molecule has 0 heterocycles. The lowest BCUT2D eigenvalue weighted by Gasteiger charge is -2.44. The van der Waals surface area contributed by atoms with E-state index in [4.69, 9.17) is 0 Å². The molecule has 0 aromatic heterocycles. The molecule has 2 nitrogen and oxygen atoms in total. The average molecular weight is 284 g/mol. The summed E-state index contributed by atoms with van der Waals surface area (Å²) < 4.78 is 0. The minimum Gasteiger partial charge on any atom is -0.300 e. The van der Waals surface area contributed by atoms with Gasteiger partial charge in [-0.25, -0.2) is 0 Å². The van der Waals surface area contributed by atoms with E-state index < -0.39 is 0 Å². The third-order valence-electron chi connectivity index (χ3n) is 6.49. The highest BCUT2D eigenvalue weighted by atomic mass is 16.1. The molecule has 0 spiro atoms. The summed E-state index contributed by atoms with van der Waals surface area (Å²) in [6, 6.07) is 0. The van der Waals surface area contributed by atoms with Crippen molar-refractivity contribution < 1.29 is 9.59 Å². The summed E-state index contributed by atoms with van der Waals surface area (Å²) >= 11 is 0. The smallest absolute Gasteiger partial charge is 0.137 e. The fraction of sp³-hybridized carbons (Fsp3) is 0.684. The molecular weight excluding hydrogens is 260 g/mol. The Morgan fingerprint density at radius 2 is 1.86 bits per heavy atom. The van der Waals surface area contributed by atoms with Gasteiger partial charge in [0.2, 0.25) is 0 Å². The zero-order valence-corrected chi connectivity index (χ0v) is 12.9. The van der Waals surface area contributed by atoms with E-state index in [1.54, 1.807) is 18.1 Å². The molecule has 21 heavy (non-hydrogen) atoms. The van der Waals surface area contributed by atoms with E-state index in [1.165, 1.54) is 24.8 Å². The summed E-state index contributed by atoms with van der Waals surface area (Å²) in [6.07, 6.45) is 10.6. The second kappa shape index (κ2) is 4.93.